The summed E-state index contributed by atoms with van der Waals surface area (Å²) in [6.07, 6.45) is 1.52. The Labute approximate surface area is 71.4 Å². The fraction of sp³-hybridized carbons (Fsp3) is 0.750. The van der Waals surface area contributed by atoms with Gasteiger partial charge < -0.3 is 9.47 Å². The first-order valence-electron chi connectivity index (χ1n) is 4.00. The van der Waals surface area contributed by atoms with Crippen molar-refractivity contribution in [2.75, 3.05) is 20.3 Å². The van der Waals surface area contributed by atoms with E-state index in [2.05, 4.69) is 4.74 Å². The second-order valence-corrected chi connectivity index (χ2v) is 2.79. The van der Waals surface area contributed by atoms with Gasteiger partial charge in [0.1, 0.15) is 5.71 Å². The lowest BCUT2D eigenvalue weighted by Crippen LogP contribution is -2.29. The monoisotopic (exact) mass is 171 g/mol. The molecule has 1 N–H and O–H groups in total. The predicted molar refractivity (Wildman–Crippen MR) is 43.3 cm³/mol. The van der Waals surface area contributed by atoms with E-state index in [4.69, 9.17) is 10.1 Å². The van der Waals surface area contributed by atoms with Gasteiger partial charge >= 0.3 is 5.97 Å². The number of ether oxygens (including phenoxy) is 2. The minimum Gasteiger partial charge on any atom is -0.465 e. The Balaban J connectivity index is 2.45. The summed E-state index contributed by atoms with van der Waals surface area (Å²) in [5, 5.41) is 7.46. The van der Waals surface area contributed by atoms with Crippen LogP contribution in [-0.2, 0) is 14.3 Å². The summed E-state index contributed by atoms with van der Waals surface area (Å²) < 4.78 is 9.58. The summed E-state index contributed by atoms with van der Waals surface area (Å²) in [4.78, 5) is 10.9. The normalized spacial score (nSPS) is 18.8. The van der Waals surface area contributed by atoms with E-state index in [1.54, 1.807) is 0 Å². The number of methoxy groups -OCH3 is 1. The molecule has 0 spiro atoms. The first-order valence-corrected chi connectivity index (χ1v) is 4.00. The summed E-state index contributed by atoms with van der Waals surface area (Å²) in [6, 6.07) is 0. The van der Waals surface area contributed by atoms with Gasteiger partial charge in [-0.2, -0.15) is 0 Å². The van der Waals surface area contributed by atoms with Gasteiger partial charge in [-0.25, -0.2) is 4.79 Å². The van der Waals surface area contributed by atoms with Crippen LogP contribution in [0.15, 0.2) is 0 Å². The van der Waals surface area contributed by atoms with Crippen molar-refractivity contribution < 1.29 is 14.3 Å². The minimum absolute atomic E-state index is 0.0335. The molecular weight excluding hydrogens is 158 g/mol. The van der Waals surface area contributed by atoms with Gasteiger partial charge in [0.15, 0.2) is 0 Å². The van der Waals surface area contributed by atoms with Crippen molar-refractivity contribution in [3.63, 3.8) is 0 Å². The Kier molecular flexibility index (Phi) is 3.22. The average Bonchev–Trinajstić information content (AvgIpc) is 2.17. The van der Waals surface area contributed by atoms with Gasteiger partial charge in [0.05, 0.1) is 7.11 Å². The van der Waals surface area contributed by atoms with E-state index >= 15 is 0 Å². The molecule has 0 radical (unpaired) electrons. The summed E-state index contributed by atoms with van der Waals surface area (Å²) in [5.41, 5.74) is 0.0841. The maximum Gasteiger partial charge on any atom is 0.351 e. The van der Waals surface area contributed by atoms with E-state index in [-0.39, 0.29) is 11.6 Å². The average molecular weight is 171 g/mol. The standard InChI is InChI=1S/C8H13NO3/c1-11-8(10)7(9)6-2-4-12-5-3-6/h6,9H,2-5H2,1H3. The molecule has 1 aliphatic rings. The first kappa shape index (κ1) is 9.19. The molecule has 4 nitrogen and oxygen atoms in total. The summed E-state index contributed by atoms with van der Waals surface area (Å²) in [6.45, 7) is 1.29. The summed E-state index contributed by atoms with van der Waals surface area (Å²) in [7, 11) is 1.30. The van der Waals surface area contributed by atoms with Crippen molar-refractivity contribution in [2.45, 2.75) is 12.8 Å². The number of rotatable bonds is 2. The lowest BCUT2D eigenvalue weighted by atomic mass is 9.95. The van der Waals surface area contributed by atoms with Crippen molar-refractivity contribution in [1.29, 1.82) is 5.41 Å². The van der Waals surface area contributed by atoms with E-state index < -0.39 is 5.97 Å². The zero-order valence-electron chi connectivity index (χ0n) is 7.13. The molecule has 0 aliphatic carbocycles. The number of carbonyl (C=O) groups excluding carboxylic acids is 1. The molecule has 1 heterocycles. The number of nitrogens with one attached hydrogen (secondary N) is 1. The highest BCUT2D eigenvalue weighted by Crippen LogP contribution is 2.16. The smallest absolute Gasteiger partial charge is 0.351 e. The topological polar surface area (TPSA) is 59.4 Å². The molecule has 0 aromatic carbocycles. The second kappa shape index (κ2) is 4.21. The van der Waals surface area contributed by atoms with Crippen LogP contribution in [0.2, 0.25) is 0 Å². The highest BCUT2D eigenvalue weighted by molar-refractivity contribution is 6.35. The fourth-order valence-electron chi connectivity index (χ4n) is 1.26. The van der Waals surface area contributed by atoms with Crippen molar-refractivity contribution >= 4 is 11.7 Å². The van der Waals surface area contributed by atoms with Gasteiger partial charge in [0, 0.05) is 19.1 Å². The summed E-state index contributed by atoms with van der Waals surface area (Å²) in [5.74, 6) is -0.479. The van der Waals surface area contributed by atoms with Crippen LogP contribution in [0.1, 0.15) is 12.8 Å². The lowest BCUT2D eigenvalue weighted by Gasteiger charge is -2.21. The van der Waals surface area contributed by atoms with Crippen LogP contribution in [-0.4, -0.2) is 32.0 Å². The minimum atomic E-state index is -0.512. The zero-order chi connectivity index (χ0) is 8.97. The van der Waals surface area contributed by atoms with Gasteiger partial charge in [-0.3, -0.25) is 5.41 Å². The molecule has 4 heteroatoms. The van der Waals surface area contributed by atoms with Crippen LogP contribution >= 0.6 is 0 Å². The maximum atomic E-state index is 10.9. The molecule has 0 bridgehead atoms. The number of carbonyl (C=O) groups is 1. The van der Waals surface area contributed by atoms with E-state index in [0.29, 0.717) is 13.2 Å². The van der Waals surface area contributed by atoms with Crippen molar-refractivity contribution in [3.05, 3.63) is 0 Å². The van der Waals surface area contributed by atoms with Gasteiger partial charge in [0.25, 0.3) is 0 Å². The molecular formula is C8H13NO3. The molecule has 1 rings (SSSR count). The van der Waals surface area contributed by atoms with Crippen LogP contribution in [0.25, 0.3) is 0 Å². The van der Waals surface area contributed by atoms with Crippen LogP contribution in [0.4, 0.5) is 0 Å². The highest BCUT2D eigenvalue weighted by atomic mass is 16.5. The molecule has 12 heavy (non-hydrogen) atoms. The number of esters is 1. The highest BCUT2D eigenvalue weighted by Gasteiger charge is 2.23. The van der Waals surface area contributed by atoms with Crippen molar-refractivity contribution in [3.8, 4) is 0 Å². The van der Waals surface area contributed by atoms with E-state index in [9.17, 15) is 4.79 Å². The molecule has 0 aromatic rings. The Bertz CT molecular complexity index is 185. The van der Waals surface area contributed by atoms with Crippen LogP contribution < -0.4 is 0 Å². The molecule has 1 saturated heterocycles. The van der Waals surface area contributed by atoms with E-state index in [1.165, 1.54) is 7.11 Å². The molecule has 0 saturated carbocycles. The Hall–Kier alpha value is -0.900. The zero-order valence-corrected chi connectivity index (χ0v) is 7.13. The van der Waals surface area contributed by atoms with Crippen LogP contribution in [0, 0.1) is 11.3 Å². The van der Waals surface area contributed by atoms with Gasteiger partial charge in [-0.1, -0.05) is 0 Å². The van der Waals surface area contributed by atoms with Crippen molar-refractivity contribution in [1.82, 2.24) is 0 Å². The molecule has 0 amide bonds. The number of hydrogen-bond acceptors (Lipinski definition) is 4. The third kappa shape index (κ3) is 2.04. The first-order chi connectivity index (χ1) is 5.75. The number of hydrogen-bond donors (Lipinski definition) is 1. The quantitative estimate of drug-likeness (QED) is 0.489. The molecule has 1 aliphatic heterocycles. The second-order valence-electron chi connectivity index (χ2n) is 2.79. The van der Waals surface area contributed by atoms with E-state index in [1.807, 2.05) is 0 Å². The SMILES string of the molecule is COC(=O)C(=N)C1CCOCC1. The van der Waals surface area contributed by atoms with Gasteiger partial charge in [-0.15, -0.1) is 0 Å². The molecule has 68 valence electrons. The third-order valence-corrected chi connectivity index (χ3v) is 2.03. The fourth-order valence-corrected chi connectivity index (χ4v) is 1.26. The lowest BCUT2D eigenvalue weighted by molar-refractivity contribution is -0.133. The Morgan fingerprint density at radius 2 is 2.08 bits per heavy atom. The van der Waals surface area contributed by atoms with Crippen LogP contribution in [0.5, 0.6) is 0 Å². The molecule has 1 fully saturated rings. The molecule has 0 unspecified atom stereocenters. The van der Waals surface area contributed by atoms with Gasteiger partial charge in [0.2, 0.25) is 0 Å². The Morgan fingerprint density at radius 3 is 2.58 bits per heavy atom. The summed E-state index contributed by atoms with van der Waals surface area (Å²) >= 11 is 0. The van der Waals surface area contributed by atoms with Gasteiger partial charge in [-0.05, 0) is 12.8 Å². The van der Waals surface area contributed by atoms with Crippen molar-refractivity contribution in [2.24, 2.45) is 5.92 Å². The third-order valence-electron chi connectivity index (χ3n) is 2.03. The molecule has 0 atom stereocenters. The van der Waals surface area contributed by atoms with E-state index in [0.717, 1.165) is 12.8 Å². The largest absolute Gasteiger partial charge is 0.465 e. The predicted octanol–water partition coefficient (Wildman–Crippen LogP) is 0.606. The molecule has 0 aromatic heterocycles. The maximum absolute atomic E-state index is 10.9. The Morgan fingerprint density at radius 1 is 1.50 bits per heavy atom. The van der Waals surface area contributed by atoms with Crippen LogP contribution in [0.3, 0.4) is 0 Å².